The molecule has 22 heavy (non-hydrogen) atoms. The highest BCUT2D eigenvalue weighted by Gasteiger charge is 2.27. The molecule has 0 spiro atoms. The molecule has 1 saturated carbocycles. The fraction of sp³-hybridized carbons (Fsp3) is 0.667. The predicted octanol–water partition coefficient (Wildman–Crippen LogP) is 2.07. The van der Waals surface area contributed by atoms with Crippen molar-refractivity contribution in [2.24, 2.45) is 5.92 Å². The number of hydrogen-bond acceptors (Lipinski definition) is 6. The largest absolute Gasteiger partial charge is 0.396 e. The smallest absolute Gasteiger partial charge is 0.275 e. The Bertz CT molecular complexity index is 696. The van der Waals surface area contributed by atoms with E-state index in [1.54, 1.807) is 6.07 Å². The van der Waals surface area contributed by atoms with Crippen LogP contribution in [0.2, 0.25) is 0 Å². The zero-order chi connectivity index (χ0) is 15.5. The van der Waals surface area contributed by atoms with Gasteiger partial charge in [-0.15, -0.1) is 5.10 Å². The van der Waals surface area contributed by atoms with Crippen LogP contribution in [0.4, 0.5) is 5.13 Å². The van der Waals surface area contributed by atoms with Crippen molar-refractivity contribution in [1.82, 2.24) is 14.6 Å². The molecule has 2 unspecified atom stereocenters. The molecule has 0 aliphatic heterocycles. The minimum absolute atomic E-state index is 0.115. The fourth-order valence-corrected chi connectivity index (χ4v) is 4.08. The fourth-order valence-electron chi connectivity index (χ4n) is 3.20. The summed E-state index contributed by atoms with van der Waals surface area (Å²) in [5, 5.41) is 17.7. The number of aliphatic hydroxyl groups is 1. The average molecular weight is 322 g/mol. The molecule has 2 aromatic rings. The lowest BCUT2D eigenvalue weighted by atomic mass is 10.0. The first-order valence-corrected chi connectivity index (χ1v) is 8.80. The molecule has 0 radical (unpaired) electrons. The van der Waals surface area contributed by atoms with Crippen molar-refractivity contribution in [3.05, 3.63) is 22.1 Å². The van der Waals surface area contributed by atoms with Crippen LogP contribution in [-0.4, -0.2) is 32.4 Å². The van der Waals surface area contributed by atoms with Crippen LogP contribution >= 0.6 is 11.3 Å². The summed E-state index contributed by atoms with van der Waals surface area (Å²) in [7, 11) is 0. The summed E-state index contributed by atoms with van der Waals surface area (Å²) in [5.74, 6) is 0.484. The average Bonchev–Trinajstić information content (AvgIpc) is 3.07. The second-order valence-corrected chi connectivity index (χ2v) is 6.85. The normalized spacial score (nSPS) is 21.5. The molecular formula is C15H22N4O2S. The third kappa shape index (κ3) is 3.15. The highest BCUT2D eigenvalue weighted by Crippen LogP contribution is 2.31. The van der Waals surface area contributed by atoms with Gasteiger partial charge in [0.1, 0.15) is 0 Å². The Hall–Kier alpha value is -1.47. The lowest BCUT2D eigenvalue weighted by Gasteiger charge is -2.19. The van der Waals surface area contributed by atoms with Crippen molar-refractivity contribution in [2.45, 2.75) is 51.5 Å². The van der Waals surface area contributed by atoms with Gasteiger partial charge in [0.25, 0.3) is 5.56 Å². The topological polar surface area (TPSA) is 79.5 Å². The number of nitrogens with zero attached hydrogens (tertiary/aromatic N) is 3. The number of aromatic nitrogens is 3. The Morgan fingerprint density at radius 3 is 3.14 bits per heavy atom. The zero-order valence-corrected chi connectivity index (χ0v) is 13.6. The second-order valence-electron chi connectivity index (χ2n) is 5.89. The van der Waals surface area contributed by atoms with Crippen molar-refractivity contribution >= 4 is 21.4 Å². The molecule has 2 heterocycles. The molecule has 2 N–H and O–H groups in total. The van der Waals surface area contributed by atoms with Crippen molar-refractivity contribution in [1.29, 1.82) is 0 Å². The highest BCUT2D eigenvalue weighted by atomic mass is 32.1. The maximum Gasteiger partial charge on any atom is 0.275 e. The van der Waals surface area contributed by atoms with E-state index in [2.05, 4.69) is 22.3 Å². The van der Waals surface area contributed by atoms with Gasteiger partial charge in [-0.2, -0.15) is 4.52 Å². The SMILES string of the molecule is CCCc1cc(=O)n2nc(NC3CCCC3CCO)sc2n1. The number of rotatable bonds is 6. The second kappa shape index (κ2) is 6.75. The Morgan fingerprint density at radius 2 is 2.36 bits per heavy atom. The lowest BCUT2D eigenvalue weighted by Crippen LogP contribution is -2.25. The number of fused-ring (bicyclic) bond motifs is 1. The minimum Gasteiger partial charge on any atom is -0.396 e. The van der Waals surface area contributed by atoms with E-state index < -0.39 is 0 Å². The van der Waals surface area contributed by atoms with Gasteiger partial charge < -0.3 is 10.4 Å². The van der Waals surface area contributed by atoms with Crippen LogP contribution in [0.1, 0.15) is 44.7 Å². The minimum atomic E-state index is -0.115. The standard InChI is InChI=1S/C15H22N4O2S/c1-2-4-11-9-13(21)19-15(16-11)22-14(18-19)17-12-6-3-5-10(12)7-8-20/h9-10,12,20H,2-8H2,1H3,(H,17,18). The van der Waals surface area contributed by atoms with Crippen LogP contribution < -0.4 is 10.9 Å². The third-order valence-corrected chi connectivity index (χ3v) is 5.11. The van der Waals surface area contributed by atoms with E-state index in [4.69, 9.17) is 5.11 Å². The molecule has 0 amide bonds. The summed E-state index contributed by atoms with van der Waals surface area (Å²) in [6.45, 7) is 2.30. The van der Waals surface area contributed by atoms with E-state index in [1.807, 2.05) is 0 Å². The van der Waals surface area contributed by atoms with Gasteiger partial charge in [-0.05, 0) is 31.6 Å². The molecule has 1 fully saturated rings. The number of aryl methyl sites for hydroxylation is 1. The van der Waals surface area contributed by atoms with Gasteiger partial charge in [0, 0.05) is 24.4 Å². The number of anilines is 1. The van der Waals surface area contributed by atoms with Gasteiger partial charge in [-0.25, -0.2) is 4.98 Å². The van der Waals surface area contributed by atoms with Gasteiger partial charge >= 0.3 is 0 Å². The predicted molar refractivity (Wildman–Crippen MR) is 87.6 cm³/mol. The number of hydrogen-bond donors (Lipinski definition) is 2. The Labute approximate surface area is 133 Å². The van der Waals surface area contributed by atoms with Crippen LogP contribution in [0.5, 0.6) is 0 Å². The summed E-state index contributed by atoms with van der Waals surface area (Å²) >= 11 is 1.43. The molecule has 0 bridgehead atoms. The summed E-state index contributed by atoms with van der Waals surface area (Å²) in [5.41, 5.74) is 0.720. The van der Waals surface area contributed by atoms with Crippen molar-refractivity contribution in [2.75, 3.05) is 11.9 Å². The van der Waals surface area contributed by atoms with Crippen LogP contribution in [0.25, 0.3) is 4.96 Å². The van der Waals surface area contributed by atoms with Gasteiger partial charge in [0.15, 0.2) is 0 Å². The van der Waals surface area contributed by atoms with Crippen molar-refractivity contribution < 1.29 is 5.11 Å². The molecule has 1 aliphatic carbocycles. The molecule has 0 saturated heterocycles. The third-order valence-electron chi connectivity index (χ3n) is 4.27. The van der Waals surface area contributed by atoms with Crippen LogP contribution in [-0.2, 0) is 6.42 Å². The first-order valence-electron chi connectivity index (χ1n) is 7.98. The van der Waals surface area contributed by atoms with E-state index >= 15 is 0 Å². The van der Waals surface area contributed by atoms with Gasteiger partial charge in [0.2, 0.25) is 10.1 Å². The summed E-state index contributed by atoms with van der Waals surface area (Å²) in [6, 6.07) is 1.91. The van der Waals surface area contributed by atoms with Crippen LogP contribution in [0, 0.1) is 5.92 Å². The van der Waals surface area contributed by atoms with E-state index in [0.29, 0.717) is 16.9 Å². The highest BCUT2D eigenvalue weighted by molar-refractivity contribution is 7.20. The molecule has 7 heteroatoms. The zero-order valence-electron chi connectivity index (χ0n) is 12.8. The van der Waals surface area contributed by atoms with E-state index in [1.165, 1.54) is 22.3 Å². The molecular weight excluding hydrogens is 300 g/mol. The molecule has 0 aromatic carbocycles. The Morgan fingerprint density at radius 1 is 1.50 bits per heavy atom. The lowest BCUT2D eigenvalue weighted by molar-refractivity contribution is 0.254. The molecule has 3 rings (SSSR count). The molecule has 2 aromatic heterocycles. The first kappa shape index (κ1) is 15.4. The van der Waals surface area contributed by atoms with Gasteiger partial charge in [-0.3, -0.25) is 4.79 Å². The van der Waals surface area contributed by atoms with Crippen LogP contribution in [0.15, 0.2) is 10.9 Å². The van der Waals surface area contributed by atoms with Crippen LogP contribution in [0.3, 0.4) is 0 Å². The van der Waals surface area contributed by atoms with Gasteiger partial charge in [-0.1, -0.05) is 31.1 Å². The van der Waals surface area contributed by atoms with E-state index in [-0.39, 0.29) is 12.2 Å². The molecule has 6 nitrogen and oxygen atoms in total. The molecule has 120 valence electrons. The Kier molecular flexibility index (Phi) is 4.73. The summed E-state index contributed by atoms with van der Waals surface area (Å²) < 4.78 is 1.38. The molecule has 2 atom stereocenters. The first-order chi connectivity index (χ1) is 10.7. The van der Waals surface area contributed by atoms with E-state index in [0.717, 1.165) is 42.9 Å². The van der Waals surface area contributed by atoms with Gasteiger partial charge in [0.05, 0.1) is 0 Å². The quantitative estimate of drug-likeness (QED) is 0.851. The summed E-state index contributed by atoms with van der Waals surface area (Å²) in [6.07, 6.45) is 6.00. The maximum absolute atomic E-state index is 12.1. The van der Waals surface area contributed by atoms with E-state index in [9.17, 15) is 4.79 Å². The number of nitrogens with one attached hydrogen (secondary N) is 1. The van der Waals surface area contributed by atoms with Crippen molar-refractivity contribution in [3.8, 4) is 0 Å². The maximum atomic E-state index is 12.1. The monoisotopic (exact) mass is 322 g/mol. The number of aliphatic hydroxyl groups excluding tert-OH is 1. The molecule has 1 aliphatic rings. The summed E-state index contributed by atoms with van der Waals surface area (Å²) in [4.78, 5) is 17.3. The van der Waals surface area contributed by atoms with Crippen molar-refractivity contribution in [3.63, 3.8) is 0 Å². The Balaban J connectivity index is 1.82.